The van der Waals surface area contributed by atoms with Crippen LogP contribution in [0.25, 0.3) is 11.1 Å². The second-order valence-corrected chi connectivity index (χ2v) is 3.06. The minimum absolute atomic E-state index is 0.101. The Labute approximate surface area is 88.4 Å². The molecule has 0 N–H and O–H groups in total. The van der Waals surface area contributed by atoms with Gasteiger partial charge in [0, 0.05) is 0 Å². The molecule has 0 saturated heterocycles. The van der Waals surface area contributed by atoms with Gasteiger partial charge in [0.05, 0.1) is 5.56 Å². The quantitative estimate of drug-likeness (QED) is 0.538. The molecule has 1 nitrogen and oxygen atoms in total. The second-order valence-electron chi connectivity index (χ2n) is 3.06. The molecule has 2 rings (SSSR count). The molecule has 0 bridgehead atoms. The number of hydrogen-bond acceptors (Lipinski definition) is 1. The zero-order chi connectivity index (χ0) is 11.7. The Morgan fingerprint density at radius 2 is 1.38 bits per heavy atom. The van der Waals surface area contributed by atoms with Crippen LogP contribution in [0, 0.1) is 23.5 Å². The molecule has 1 aromatic heterocycles. The SMILES string of the molecule is Fc1nc(F)c(-c2ccccc2)c(F)c1F. The van der Waals surface area contributed by atoms with Crippen LogP contribution in [0.5, 0.6) is 0 Å². The third-order valence-electron chi connectivity index (χ3n) is 2.06. The Morgan fingerprint density at radius 1 is 0.750 bits per heavy atom. The predicted molar refractivity (Wildman–Crippen MR) is 49.5 cm³/mol. The van der Waals surface area contributed by atoms with Crippen LogP contribution in [0.1, 0.15) is 0 Å². The molecule has 5 heteroatoms. The summed E-state index contributed by atoms with van der Waals surface area (Å²) in [7, 11) is 0. The molecule has 0 spiro atoms. The molecule has 0 radical (unpaired) electrons. The lowest BCUT2D eigenvalue weighted by atomic mass is 10.1. The molecule has 16 heavy (non-hydrogen) atoms. The first-order valence-corrected chi connectivity index (χ1v) is 4.36. The van der Waals surface area contributed by atoms with Crippen LogP contribution < -0.4 is 0 Å². The fourth-order valence-corrected chi connectivity index (χ4v) is 1.33. The third-order valence-corrected chi connectivity index (χ3v) is 2.06. The van der Waals surface area contributed by atoms with Crippen LogP contribution in [-0.2, 0) is 0 Å². The molecule has 0 amide bonds. The van der Waals surface area contributed by atoms with E-state index in [1.54, 1.807) is 6.07 Å². The number of halogens is 4. The van der Waals surface area contributed by atoms with Crippen molar-refractivity contribution in [3.63, 3.8) is 0 Å². The van der Waals surface area contributed by atoms with Gasteiger partial charge in [-0.15, -0.1) is 0 Å². The summed E-state index contributed by atoms with van der Waals surface area (Å²) in [5.74, 6) is -6.51. The molecule has 1 aromatic carbocycles. The van der Waals surface area contributed by atoms with E-state index in [-0.39, 0.29) is 5.56 Å². The monoisotopic (exact) mass is 227 g/mol. The van der Waals surface area contributed by atoms with E-state index in [1.807, 2.05) is 0 Å². The lowest BCUT2D eigenvalue weighted by Gasteiger charge is -2.05. The van der Waals surface area contributed by atoms with Crippen LogP contribution in [0.3, 0.4) is 0 Å². The Morgan fingerprint density at radius 3 is 2.00 bits per heavy atom. The molecule has 0 unspecified atom stereocenters. The van der Waals surface area contributed by atoms with E-state index in [4.69, 9.17) is 0 Å². The van der Waals surface area contributed by atoms with Gasteiger partial charge in [0.2, 0.25) is 11.8 Å². The summed E-state index contributed by atoms with van der Waals surface area (Å²) in [5.41, 5.74) is -0.566. The zero-order valence-electron chi connectivity index (χ0n) is 7.85. The third kappa shape index (κ3) is 1.64. The molecule has 2 aromatic rings. The molecular weight excluding hydrogens is 222 g/mol. The first-order chi connectivity index (χ1) is 7.61. The van der Waals surface area contributed by atoms with Crippen molar-refractivity contribution in [3.05, 3.63) is 53.9 Å². The molecule has 0 fully saturated rings. The summed E-state index contributed by atoms with van der Waals surface area (Å²) in [6, 6.07) is 7.43. The topological polar surface area (TPSA) is 12.9 Å². The van der Waals surface area contributed by atoms with Crippen molar-refractivity contribution < 1.29 is 17.6 Å². The molecule has 82 valence electrons. The van der Waals surface area contributed by atoms with Gasteiger partial charge in [-0.05, 0) is 5.56 Å². The lowest BCUT2D eigenvalue weighted by Crippen LogP contribution is -2.02. The number of rotatable bonds is 1. The van der Waals surface area contributed by atoms with Gasteiger partial charge in [-0.2, -0.15) is 18.2 Å². The van der Waals surface area contributed by atoms with Gasteiger partial charge in [-0.1, -0.05) is 30.3 Å². The predicted octanol–water partition coefficient (Wildman–Crippen LogP) is 3.31. The van der Waals surface area contributed by atoms with E-state index in [1.165, 1.54) is 24.3 Å². The molecule has 0 atom stereocenters. The van der Waals surface area contributed by atoms with Crippen molar-refractivity contribution in [2.75, 3.05) is 0 Å². The smallest absolute Gasteiger partial charge is 0.203 e. The molecule has 0 aliphatic rings. The fourth-order valence-electron chi connectivity index (χ4n) is 1.33. The summed E-state index contributed by atoms with van der Waals surface area (Å²) in [6.07, 6.45) is 0. The Balaban J connectivity index is 2.71. The number of benzene rings is 1. The Kier molecular flexibility index (Phi) is 2.60. The average molecular weight is 227 g/mol. The number of aromatic nitrogens is 1. The largest absolute Gasteiger partial charge is 0.254 e. The normalized spacial score (nSPS) is 10.5. The van der Waals surface area contributed by atoms with Crippen molar-refractivity contribution in [1.29, 1.82) is 0 Å². The van der Waals surface area contributed by atoms with Crippen LogP contribution in [0.4, 0.5) is 17.6 Å². The van der Waals surface area contributed by atoms with E-state index in [0.717, 1.165) is 0 Å². The molecule has 1 heterocycles. The number of hydrogen-bond donors (Lipinski definition) is 0. The van der Waals surface area contributed by atoms with E-state index in [9.17, 15) is 17.6 Å². The van der Waals surface area contributed by atoms with Gasteiger partial charge < -0.3 is 0 Å². The van der Waals surface area contributed by atoms with Gasteiger partial charge in [0.1, 0.15) is 0 Å². The number of nitrogens with zero attached hydrogens (tertiary/aromatic N) is 1. The molecule has 0 saturated carbocycles. The van der Waals surface area contributed by atoms with E-state index >= 15 is 0 Å². The van der Waals surface area contributed by atoms with Crippen LogP contribution in [-0.4, -0.2) is 4.98 Å². The van der Waals surface area contributed by atoms with Crippen molar-refractivity contribution in [1.82, 2.24) is 4.98 Å². The Bertz CT molecular complexity index is 525. The van der Waals surface area contributed by atoms with Crippen LogP contribution >= 0.6 is 0 Å². The maximum Gasteiger partial charge on any atom is 0.254 e. The van der Waals surface area contributed by atoms with Gasteiger partial charge >= 0.3 is 0 Å². The Hall–Kier alpha value is -1.91. The van der Waals surface area contributed by atoms with Crippen molar-refractivity contribution in [2.24, 2.45) is 0 Å². The summed E-state index contributed by atoms with van der Waals surface area (Å²) >= 11 is 0. The van der Waals surface area contributed by atoms with Gasteiger partial charge in [-0.25, -0.2) is 4.39 Å². The maximum atomic E-state index is 13.3. The van der Waals surface area contributed by atoms with Crippen LogP contribution in [0.15, 0.2) is 30.3 Å². The minimum Gasteiger partial charge on any atom is -0.203 e. The van der Waals surface area contributed by atoms with Gasteiger partial charge in [0.25, 0.3) is 5.95 Å². The van der Waals surface area contributed by atoms with Crippen molar-refractivity contribution >= 4 is 0 Å². The highest BCUT2D eigenvalue weighted by Crippen LogP contribution is 2.26. The molecule has 0 aliphatic carbocycles. The zero-order valence-corrected chi connectivity index (χ0v) is 7.85. The van der Waals surface area contributed by atoms with E-state index in [0.29, 0.717) is 0 Å². The molecule has 0 aliphatic heterocycles. The summed E-state index contributed by atoms with van der Waals surface area (Å²) < 4.78 is 52.0. The standard InChI is InChI=1S/C11H5F4N/c12-8-7(6-4-2-1-3-5-6)10(14)16-11(15)9(8)13/h1-5H. The second kappa shape index (κ2) is 3.92. The maximum absolute atomic E-state index is 13.3. The molecular formula is C11H5F4N. The van der Waals surface area contributed by atoms with Gasteiger partial charge in [0.15, 0.2) is 5.82 Å². The first kappa shape index (κ1) is 10.6. The van der Waals surface area contributed by atoms with E-state index < -0.39 is 29.1 Å². The van der Waals surface area contributed by atoms with Gasteiger partial charge in [-0.3, -0.25) is 0 Å². The highest BCUT2D eigenvalue weighted by Gasteiger charge is 2.21. The van der Waals surface area contributed by atoms with E-state index in [2.05, 4.69) is 4.98 Å². The first-order valence-electron chi connectivity index (χ1n) is 4.36. The summed E-state index contributed by atoms with van der Waals surface area (Å²) in [6.45, 7) is 0. The highest BCUT2D eigenvalue weighted by atomic mass is 19.2. The number of pyridine rings is 1. The van der Waals surface area contributed by atoms with Crippen molar-refractivity contribution in [2.45, 2.75) is 0 Å². The highest BCUT2D eigenvalue weighted by molar-refractivity contribution is 5.63. The lowest BCUT2D eigenvalue weighted by molar-refractivity contribution is 0.404. The fraction of sp³-hybridized carbons (Fsp3) is 0. The summed E-state index contributed by atoms with van der Waals surface area (Å²) in [5, 5.41) is 0. The minimum atomic E-state index is -1.78. The average Bonchev–Trinajstić information content (AvgIpc) is 2.28. The van der Waals surface area contributed by atoms with Crippen LogP contribution in [0.2, 0.25) is 0 Å². The summed E-state index contributed by atoms with van der Waals surface area (Å²) in [4.78, 5) is 2.66. The van der Waals surface area contributed by atoms with Crippen molar-refractivity contribution in [3.8, 4) is 11.1 Å².